The van der Waals surface area contributed by atoms with Crippen LogP contribution in [-0.2, 0) is 25.8 Å². The van der Waals surface area contributed by atoms with Crippen molar-refractivity contribution in [1.29, 1.82) is 0 Å². The molecule has 0 bridgehead atoms. The van der Waals surface area contributed by atoms with E-state index in [1.54, 1.807) is 0 Å². The zero-order chi connectivity index (χ0) is 42.1. The van der Waals surface area contributed by atoms with E-state index in [0.29, 0.717) is 0 Å². The van der Waals surface area contributed by atoms with E-state index in [1.807, 2.05) is 13.8 Å². The number of amides is 2. The van der Waals surface area contributed by atoms with Crippen molar-refractivity contribution in [2.45, 2.75) is 128 Å². The van der Waals surface area contributed by atoms with Crippen molar-refractivity contribution in [1.82, 2.24) is 10.5 Å². The van der Waals surface area contributed by atoms with Gasteiger partial charge in [-0.05, 0) is 0 Å². The van der Waals surface area contributed by atoms with Gasteiger partial charge in [-0.15, -0.1) is 0 Å². The number of allylic oxidation sites excluding steroid dienone is 2. The van der Waals surface area contributed by atoms with Crippen molar-refractivity contribution >= 4 is 45.5 Å². The molecular formula is C50H62BCl2N2O2Zr. The number of nitrogens with one attached hydrogen (secondary N) is 2. The summed E-state index contributed by atoms with van der Waals surface area (Å²) < 4.78 is -1.71. The maximum atomic E-state index is 13.8. The fourth-order valence-corrected chi connectivity index (χ4v) is 30.6. The topological polar surface area (TPSA) is 58.2 Å². The third-order valence-electron chi connectivity index (χ3n) is 13.1. The standard InChI is InChI=1S/2C22H25.C6H11BN2O2.2ClH.Zr/c2*1-5-6-8-18-13-19-9-7-10-20(22(19)14-18)21-12-15(2)11-16(3)17(21)4;1-3-5(10)8-7-9-6(11)4-2;;;/h2*7,9-14H,5-6,8H2,1-4H3;3-4H2,1-2H3,(H-,8,9,10,11);2*1H;/q;;;;;+1/p-1. The Morgan fingerprint density at radius 1 is 0.603 bits per heavy atom. The van der Waals surface area contributed by atoms with E-state index in [0.717, 1.165) is 71.9 Å². The third-order valence-corrected chi connectivity index (χ3v) is 33.0. The van der Waals surface area contributed by atoms with Crippen LogP contribution in [0.25, 0.3) is 34.4 Å². The molecule has 0 fully saturated rings. The Balaban J connectivity index is 1.73. The molecule has 8 heteroatoms. The first-order valence-corrected chi connectivity index (χ1v) is 32.2. The van der Waals surface area contributed by atoms with Gasteiger partial charge >= 0.3 is 359 Å². The zero-order valence-corrected chi connectivity index (χ0v) is 40.4. The summed E-state index contributed by atoms with van der Waals surface area (Å²) in [5.74, 6) is -0.367. The molecule has 0 heterocycles. The molecule has 58 heavy (non-hydrogen) atoms. The molecule has 0 saturated heterocycles. The molecule has 0 radical (unpaired) electrons. The average Bonchev–Trinajstić information content (AvgIpc) is 3.78. The SMILES string of the molecule is CCCCC1=Cc2c(-c3cc(C)cc(C)c3C)cccc2[CH]1[Zr]([Cl])([Cl])([B](NC(=O)CC)NC(=O)CC)[CH]1C(CCCC)=Cc2c(-c3cc(C)cc(C)c3C)cccc21. The Labute approximate surface area is 356 Å². The summed E-state index contributed by atoms with van der Waals surface area (Å²) in [5, 5.41) is 6.65. The Morgan fingerprint density at radius 2 is 1.00 bits per heavy atom. The Bertz CT molecular complexity index is 2170. The molecule has 0 aliphatic heterocycles. The molecule has 2 N–H and O–H groups in total. The molecule has 2 atom stereocenters. The van der Waals surface area contributed by atoms with Crippen molar-refractivity contribution in [3.8, 4) is 22.3 Å². The second kappa shape index (κ2) is 17.8. The van der Waals surface area contributed by atoms with Crippen molar-refractivity contribution < 1.29 is 25.8 Å². The van der Waals surface area contributed by atoms with Gasteiger partial charge in [0.2, 0.25) is 0 Å². The van der Waals surface area contributed by atoms with Crippen LogP contribution in [0.4, 0.5) is 0 Å². The van der Waals surface area contributed by atoms with E-state index in [-0.39, 0.29) is 31.9 Å². The molecule has 4 aromatic rings. The second-order valence-corrected chi connectivity index (χ2v) is 38.6. The molecule has 2 aliphatic carbocycles. The molecule has 2 unspecified atom stereocenters. The first kappa shape index (κ1) is 44.4. The van der Waals surface area contributed by atoms with Gasteiger partial charge in [0.05, 0.1) is 0 Å². The van der Waals surface area contributed by atoms with Gasteiger partial charge in [-0.25, -0.2) is 0 Å². The van der Waals surface area contributed by atoms with E-state index in [9.17, 15) is 9.59 Å². The van der Waals surface area contributed by atoms with Crippen molar-refractivity contribution in [3.05, 3.63) is 127 Å². The van der Waals surface area contributed by atoms with Crippen LogP contribution >= 0.6 is 17.0 Å². The summed E-state index contributed by atoms with van der Waals surface area (Å²) in [6.07, 6.45) is 10.8. The molecule has 2 aliphatic rings. The van der Waals surface area contributed by atoms with Gasteiger partial charge in [-0.3, -0.25) is 0 Å². The van der Waals surface area contributed by atoms with Gasteiger partial charge in [-0.1, -0.05) is 0 Å². The summed E-state index contributed by atoms with van der Waals surface area (Å²) in [6, 6.07) is 22.3. The summed E-state index contributed by atoms with van der Waals surface area (Å²) in [6.45, 7) is 21.2. The number of halogens is 2. The molecule has 4 nitrogen and oxygen atoms in total. The van der Waals surface area contributed by atoms with Crippen molar-refractivity contribution in [2.24, 2.45) is 0 Å². The quantitative estimate of drug-likeness (QED) is 0.117. The van der Waals surface area contributed by atoms with Gasteiger partial charge in [-0.2, -0.15) is 0 Å². The number of hydrogen-bond donors (Lipinski definition) is 2. The molecule has 305 valence electrons. The Morgan fingerprint density at radius 3 is 1.36 bits per heavy atom. The van der Waals surface area contributed by atoms with Crippen molar-refractivity contribution in [3.63, 3.8) is 0 Å². The van der Waals surface area contributed by atoms with E-state index < -0.39 is 20.7 Å². The number of unbranched alkanes of at least 4 members (excludes halogenated alkanes) is 2. The number of fused-ring (bicyclic) bond motifs is 2. The number of carbonyl (C=O) groups is 2. The fourth-order valence-electron chi connectivity index (χ4n) is 9.87. The van der Waals surface area contributed by atoms with Crippen LogP contribution in [0, 0.1) is 41.5 Å². The molecule has 4 aromatic carbocycles. The van der Waals surface area contributed by atoms with Gasteiger partial charge in [0, 0.05) is 0 Å². The van der Waals surface area contributed by atoms with Crippen molar-refractivity contribution in [2.75, 3.05) is 0 Å². The fraction of sp³-hybridized carbons (Fsp3) is 0.400. The monoisotopic (exact) mass is 893 g/mol. The first-order chi connectivity index (χ1) is 27.6. The van der Waals surface area contributed by atoms with Crippen LogP contribution in [0.15, 0.2) is 71.8 Å². The van der Waals surface area contributed by atoms with Crippen LogP contribution in [0.1, 0.15) is 142 Å². The van der Waals surface area contributed by atoms with E-state index in [1.165, 1.54) is 55.7 Å². The maximum absolute atomic E-state index is 13.8. The van der Waals surface area contributed by atoms with E-state index in [2.05, 4.69) is 139 Å². The number of rotatable bonds is 15. The van der Waals surface area contributed by atoms with Crippen LogP contribution in [0.5, 0.6) is 0 Å². The summed E-state index contributed by atoms with van der Waals surface area (Å²) in [4.78, 5) is 27.6. The van der Waals surface area contributed by atoms with Gasteiger partial charge in [0.15, 0.2) is 0 Å². The summed E-state index contributed by atoms with van der Waals surface area (Å²) in [7, 11) is 18.0. The minimum atomic E-state index is -6.03. The predicted octanol–water partition coefficient (Wildman–Crippen LogP) is 13.9. The Kier molecular flexibility index (Phi) is 13.6. The Hall–Kier alpha value is -3.17. The zero-order valence-electron chi connectivity index (χ0n) is 36.4. The van der Waals surface area contributed by atoms with Gasteiger partial charge in [0.25, 0.3) is 0 Å². The third kappa shape index (κ3) is 8.04. The number of benzene rings is 4. The minimum absolute atomic E-state index is 0.183. The molecule has 6 rings (SSSR count). The van der Waals surface area contributed by atoms with E-state index in [4.69, 9.17) is 17.0 Å². The molecule has 0 aromatic heterocycles. The van der Waals surface area contributed by atoms with Gasteiger partial charge < -0.3 is 0 Å². The van der Waals surface area contributed by atoms with Crippen LogP contribution < -0.4 is 10.5 Å². The first-order valence-electron chi connectivity index (χ1n) is 21.6. The van der Waals surface area contributed by atoms with E-state index >= 15 is 0 Å². The molecule has 2 amide bonds. The number of hydrogen-bond acceptors (Lipinski definition) is 2. The summed E-state index contributed by atoms with van der Waals surface area (Å²) >= 11 is -6.03. The van der Waals surface area contributed by atoms with Crippen LogP contribution in [0.3, 0.4) is 0 Å². The molecule has 0 saturated carbocycles. The second-order valence-electron chi connectivity index (χ2n) is 17.1. The molecular weight excluding hydrogens is 834 g/mol. The molecule has 0 spiro atoms. The predicted molar refractivity (Wildman–Crippen MR) is 247 cm³/mol. The summed E-state index contributed by atoms with van der Waals surface area (Å²) in [5.41, 5.74) is 19.1. The average molecular weight is 896 g/mol. The van der Waals surface area contributed by atoms with Crippen LogP contribution in [-0.4, -0.2) is 16.3 Å². The van der Waals surface area contributed by atoms with Gasteiger partial charge in [0.1, 0.15) is 0 Å². The number of aryl methyl sites for hydroxylation is 4. The number of carbonyl (C=O) groups excluding carboxylic acids is 2. The normalized spacial score (nSPS) is 16.5. The van der Waals surface area contributed by atoms with Crippen LogP contribution in [0.2, 0.25) is 0 Å².